The van der Waals surface area contributed by atoms with Crippen molar-refractivity contribution in [2.75, 3.05) is 32.1 Å². The molecule has 0 radical (unpaired) electrons. The molecule has 0 aromatic heterocycles. The number of nitrogens with zero attached hydrogens (tertiary/aromatic N) is 1. The van der Waals surface area contributed by atoms with Gasteiger partial charge in [0.25, 0.3) is 0 Å². The maximum Gasteiger partial charge on any atom is 0.246 e. The molecule has 2 aromatic rings. The van der Waals surface area contributed by atoms with Crippen LogP contribution in [0.25, 0.3) is 6.08 Å². The minimum absolute atomic E-state index is 0.0372. The minimum atomic E-state index is -0.264. The van der Waals surface area contributed by atoms with Crippen molar-refractivity contribution < 1.29 is 19.1 Å². The first kappa shape index (κ1) is 24.0. The largest absolute Gasteiger partial charge is 0.490 e. The molecular formula is C25H32N2O4. The van der Waals surface area contributed by atoms with E-state index in [1.807, 2.05) is 64.1 Å². The number of aryl methyl sites for hydroxylation is 1. The number of nitrogens with one attached hydrogen (secondary N) is 1. The van der Waals surface area contributed by atoms with E-state index in [0.29, 0.717) is 24.7 Å². The molecule has 0 aliphatic rings. The van der Waals surface area contributed by atoms with E-state index in [1.54, 1.807) is 13.1 Å². The summed E-state index contributed by atoms with van der Waals surface area (Å²) in [4.78, 5) is 26.2. The van der Waals surface area contributed by atoms with Crippen molar-refractivity contribution in [2.45, 2.75) is 34.1 Å². The Balaban J connectivity index is 1.99. The minimum Gasteiger partial charge on any atom is -0.490 e. The van der Waals surface area contributed by atoms with Gasteiger partial charge in [-0.2, -0.15) is 0 Å². The lowest BCUT2D eigenvalue weighted by molar-refractivity contribution is -0.129. The Morgan fingerprint density at radius 2 is 1.84 bits per heavy atom. The maximum atomic E-state index is 12.4. The number of hydrogen-bond acceptors (Lipinski definition) is 4. The van der Waals surface area contributed by atoms with Gasteiger partial charge >= 0.3 is 0 Å². The van der Waals surface area contributed by atoms with Crippen molar-refractivity contribution >= 4 is 23.6 Å². The SMILES string of the molecule is CCCOc1ccc(/C=C/C(=O)N(C)CC(=O)Nc2cccc(C)c2C)cc1OCC. The van der Waals surface area contributed by atoms with Crippen LogP contribution in [0.1, 0.15) is 37.0 Å². The summed E-state index contributed by atoms with van der Waals surface area (Å²) >= 11 is 0. The molecule has 0 saturated heterocycles. The van der Waals surface area contributed by atoms with Gasteiger partial charge in [0, 0.05) is 18.8 Å². The Kier molecular flexibility index (Phi) is 9.13. The Morgan fingerprint density at radius 1 is 1.06 bits per heavy atom. The summed E-state index contributed by atoms with van der Waals surface area (Å²) < 4.78 is 11.3. The predicted molar refractivity (Wildman–Crippen MR) is 125 cm³/mol. The molecular weight excluding hydrogens is 392 g/mol. The molecule has 31 heavy (non-hydrogen) atoms. The molecule has 6 nitrogen and oxygen atoms in total. The smallest absolute Gasteiger partial charge is 0.246 e. The normalized spacial score (nSPS) is 10.7. The third-order valence-electron chi connectivity index (χ3n) is 4.78. The summed E-state index contributed by atoms with van der Waals surface area (Å²) in [5, 5.41) is 2.87. The maximum absolute atomic E-state index is 12.4. The van der Waals surface area contributed by atoms with Crippen molar-refractivity contribution in [2.24, 2.45) is 0 Å². The van der Waals surface area contributed by atoms with Gasteiger partial charge in [-0.05, 0) is 68.2 Å². The molecule has 0 atom stereocenters. The number of hydrogen-bond donors (Lipinski definition) is 1. The molecule has 0 heterocycles. The molecule has 2 rings (SSSR count). The Bertz CT molecular complexity index is 937. The van der Waals surface area contributed by atoms with Crippen molar-refractivity contribution in [1.82, 2.24) is 4.90 Å². The molecule has 6 heteroatoms. The monoisotopic (exact) mass is 424 g/mol. The molecule has 1 N–H and O–H groups in total. The van der Waals surface area contributed by atoms with Crippen LogP contribution in [0.15, 0.2) is 42.5 Å². The van der Waals surface area contributed by atoms with E-state index in [2.05, 4.69) is 5.32 Å². The molecule has 0 bridgehead atoms. The lowest BCUT2D eigenvalue weighted by Crippen LogP contribution is -2.34. The Hall–Kier alpha value is -3.28. The molecule has 0 aliphatic carbocycles. The zero-order chi connectivity index (χ0) is 22.8. The lowest BCUT2D eigenvalue weighted by atomic mass is 10.1. The average molecular weight is 425 g/mol. The molecule has 2 amide bonds. The number of amides is 2. The van der Waals surface area contributed by atoms with Gasteiger partial charge in [-0.25, -0.2) is 0 Å². The second-order valence-corrected chi connectivity index (χ2v) is 7.31. The van der Waals surface area contributed by atoms with Crippen LogP contribution in [0.5, 0.6) is 11.5 Å². The highest BCUT2D eigenvalue weighted by Gasteiger charge is 2.12. The van der Waals surface area contributed by atoms with E-state index in [1.165, 1.54) is 11.0 Å². The van der Waals surface area contributed by atoms with Crippen molar-refractivity contribution in [1.29, 1.82) is 0 Å². The highest BCUT2D eigenvalue weighted by Crippen LogP contribution is 2.29. The van der Waals surface area contributed by atoms with Crippen LogP contribution in [0.2, 0.25) is 0 Å². The first-order valence-corrected chi connectivity index (χ1v) is 10.5. The highest BCUT2D eigenvalue weighted by molar-refractivity contribution is 5.98. The van der Waals surface area contributed by atoms with Crippen LogP contribution >= 0.6 is 0 Å². The Labute approximate surface area is 184 Å². The summed E-state index contributed by atoms with van der Waals surface area (Å²) in [5.41, 5.74) is 3.69. The van der Waals surface area contributed by atoms with Gasteiger partial charge in [-0.1, -0.05) is 25.1 Å². The van der Waals surface area contributed by atoms with Crippen LogP contribution in [0, 0.1) is 13.8 Å². The van der Waals surface area contributed by atoms with Crippen LogP contribution in [-0.4, -0.2) is 43.5 Å². The van der Waals surface area contributed by atoms with E-state index in [9.17, 15) is 9.59 Å². The van der Waals surface area contributed by atoms with Gasteiger partial charge in [0.15, 0.2) is 11.5 Å². The molecule has 0 aliphatic heterocycles. The quantitative estimate of drug-likeness (QED) is 0.566. The van der Waals surface area contributed by atoms with E-state index in [4.69, 9.17) is 9.47 Å². The first-order chi connectivity index (χ1) is 14.8. The molecule has 0 fully saturated rings. The summed E-state index contributed by atoms with van der Waals surface area (Å²) in [7, 11) is 1.60. The molecule has 0 unspecified atom stereocenters. The van der Waals surface area contributed by atoms with Gasteiger partial charge in [-0.3, -0.25) is 9.59 Å². The van der Waals surface area contributed by atoms with E-state index < -0.39 is 0 Å². The first-order valence-electron chi connectivity index (χ1n) is 10.5. The zero-order valence-corrected chi connectivity index (χ0v) is 19.0. The standard InChI is InChI=1S/C25H32N2O4/c1-6-15-31-22-13-11-20(16-23(22)30-7-2)12-14-25(29)27(5)17-24(28)26-21-10-8-9-18(3)19(21)4/h8-14,16H,6-7,15,17H2,1-5H3,(H,26,28)/b14-12+. The highest BCUT2D eigenvalue weighted by atomic mass is 16.5. The number of rotatable bonds is 10. The average Bonchev–Trinajstić information content (AvgIpc) is 2.74. The van der Waals surface area contributed by atoms with Gasteiger partial charge in [0.05, 0.1) is 19.8 Å². The number of ether oxygens (including phenoxy) is 2. The van der Waals surface area contributed by atoms with Gasteiger partial charge in [0.2, 0.25) is 11.8 Å². The fraction of sp³-hybridized carbons (Fsp3) is 0.360. The third kappa shape index (κ3) is 7.17. The molecule has 0 saturated carbocycles. The number of carbonyl (C=O) groups is 2. The van der Waals surface area contributed by atoms with Crippen LogP contribution < -0.4 is 14.8 Å². The second kappa shape index (κ2) is 11.8. The van der Waals surface area contributed by atoms with Crippen molar-refractivity contribution in [3.05, 3.63) is 59.2 Å². The summed E-state index contributed by atoms with van der Waals surface area (Å²) in [6.07, 6.45) is 4.06. The molecule has 166 valence electrons. The van der Waals surface area contributed by atoms with Crippen LogP contribution in [0.3, 0.4) is 0 Å². The van der Waals surface area contributed by atoms with Crippen LogP contribution in [-0.2, 0) is 9.59 Å². The Morgan fingerprint density at radius 3 is 2.55 bits per heavy atom. The lowest BCUT2D eigenvalue weighted by Gasteiger charge is -2.16. The van der Waals surface area contributed by atoms with Crippen LogP contribution in [0.4, 0.5) is 5.69 Å². The van der Waals surface area contributed by atoms with Crippen molar-refractivity contribution in [3.8, 4) is 11.5 Å². The van der Waals surface area contributed by atoms with Crippen molar-refractivity contribution in [3.63, 3.8) is 0 Å². The number of likely N-dealkylation sites (N-methyl/N-ethyl adjacent to an activating group) is 1. The van der Waals surface area contributed by atoms with E-state index in [0.717, 1.165) is 28.8 Å². The van der Waals surface area contributed by atoms with Gasteiger partial charge in [-0.15, -0.1) is 0 Å². The van der Waals surface area contributed by atoms with E-state index in [-0.39, 0.29) is 18.4 Å². The zero-order valence-electron chi connectivity index (χ0n) is 19.0. The second-order valence-electron chi connectivity index (χ2n) is 7.31. The summed E-state index contributed by atoms with van der Waals surface area (Å²) in [6.45, 7) is 9.00. The molecule has 2 aromatic carbocycles. The summed E-state index contributed by atoms with van der Waals surface area (Å²) in [6, 6.07) is 11.3. The van der Waals surface area contributed by atoms with E-state index >= 15 is 0 Å². The fourth-order valence-electron chi connectivity index (χ4n) is 2.89. The number of anilines is 1. The summed E-state index contributed by atoms with van der Waals surface area (Å²) in [5.74, 6) is 0.827. The predicted octanol–water partition coefficient (Wildman–Crippen LogP) is 4.60. The van der Waals surface area contributed by atoms with Gasteiger partial charge < -0.3 is 19.7 Å². The third-order valence-corrected chi connectivity index (χ3v) is 4.78. The molecule has 0 spiro atoms. The van der Waals surface area contributed by atoms with Gasteiger partial charge in [0.1, 0.15) is 0 Å². The number of benzene rings is 2. The fourth-order valence-corrected chi connectivity index (χ4v) is 2.89. The number of carbonyl (C=O) groups excluding carboxylic acids is 2. The topological polar surface area (TPSA) is 67.9 Å².